The number of hydrogen-bond acceptors (Lipinski definition) is 5. The number of rotatable bonds is 4. The summed E-state index contributed by atoms with van der Waals surface area (Å²) in [6.07, 6.45) is 0.362. The number of hydroxylamine groups is 2. The summed E-state index contributed by atoms with van der Waals surface area (Å²) in [5, 5.41) is 4.30. The molecule has 0 saturated heterocycles. The third-order valence-corrected chi connectivity index (χ3v) is 3.19. The predicted molar refractivity (Wildman–Crippen MR) is 75.8 cm³/mol. The number of carbonyl (C=O) groups excluding carboxylic acids is 1. The molecule has 1 aromatic heterocycles. The van der Waals surface area contributed by atoms with Crippen LogP contribution in [0.4, 0.5) is 13.2 Å². The van der Waals surface area contributed by atoms with E-state index in [0.29, 0.717) is 11.1 Å². The molecule has 0 bridgehead atoms. The van der Waals surface area contributed by atoms with Gasteiger partial charge in [0.15, 0.2) is 0 Å². The van der Waals surface area contributed by atoms with Gasteiger partial charge >= 0.3 is 18.0 Å². The molecule has 126 valence electrons. The normalized spacial score (nSPS) is 12.5. The maximum absolute atomic E-state index is 12.5. The Morgan fingerprint density at radius 3 is 2.46 bits per heavy atom. The molecule has 1 unspecified atom stereocenters. The molecule has 1 aromatic carbocycles. The lowest BCUT2D eigenvalue weighted by atomic mass is 10.1. The van der Waals surface area contributed by atoms with Crippen molar-refractivity contribution in [2.75, 3.05) is 7.11 Å². The van der Waals surface area contributed by atoms with Crippen LogP contribution >= 0.6 is 0 Å². The fourth-order valence-corrected chi connectivity index (χ4v) is 1.98. The highest BCUT2D eigenvalue weighted by atomic mass is 19.4. The number of alkyl halides is 3. The van der Waals surface area contributed by atoms with Crippen LogP contribution in [0.15, 0.2) is 28.8 Å². The minimum absolute atomic E-state index is 0.190. The number of aromatic nitrogens is 2. The molecule has 0 spiro atoms. The summed E-state index contributed by atoms with van der Waals surface area (Å²) in [6, 6.07) is 5.71. The van der Waals surface area contributed by atoms with Crippen molar-refractivity contribution >= 4 is 5.91 Å². The van der Waals surface area contributed by atoms with E-state index in [4.69, 9.17) is 11.3 Å². The summed E-state index contributed by atoms with van der Waals surface area (Å²) in [6.45, 7) is 1.68. The number of amides is 1. The van der Waals surface area contributed by atoms with E-state index in [-0.39, 0.29) is 5.82 Å². The molecule has 2 rings (SSSR count). The van der Waals surface area contributed by atoms with Crippen molar-refractivity contribution in [1.29, 1.82) is 0 Å². The van der Waals surface area contributed by atoms with Gasteiger partial charge in [-0.1, -0.05) is 29.4 Å². The Hall–Kier alpha value is -2.86. The fourth-order valence-electron chi connectivity index (χ4n) is 1.98. The van der Waals surface area contributed by atoms with Gasteiger partial charge in [0.2, 0.25) is 5.82 Å². The number of carbonyl (C=O) groups is 1. The number of hydrogen-bond donors (Lipinski definition) is 0. The predicted octanol–water partition coefficient (Wildman–Crippen LogP) is 2.84. The first kappa shape index (κ1) is 17.5. The van der Waals surface area contributed by atoms with E-state index >= 15 is 0 Å². The largest absolute Gasteiger partial charge is 0.471 e. The number of benzene rings is 1. The maximum Gasteiger partial charge on any atom is 0.471 e. The lowest BCUT2D eigenvalue weighted by molar-refractivity contribution is -0.180. The van der Waals surface area contributed by atoms with E-state index in [1.165, 1.54) is 19.2 Å². The van der Waals surface area contributed by atoms with Crippen LogP contribution < -0.4 is 0 Å². The molecule has 6 nitrogen and oxygen atoms in total. The van der Waals surface area contributed by atoms with E-state index in [1.807, 2.05) is 5.92 Å². The average molecular weight is 339 g/mol. The first-order valence-electron chi connectivity index (χ1n) is 6.63. The maximum atomic E-state index is 12.5. The van der Waals surface area contributed by atoms with Crippen molar-refractivity contribution in [3.8, 4) is 23.7 Å². The van der Waals surface area contributed by atoms with Gasteiger partial charge in [-0.3, -0.25) is 9.63 Å². The molecule has 1 heterocycles. The lowest BCUT2D eigenvalue weighted by Gasteiger charge is -2.24. The van der Waals surface area contributed by atoms with Crippen LogP contribution in [0, 0.1) is 12.3 Å². The average Bonchev–Trinajstić information content (AvgIpc) is 3.05. The highest BCUT2D eigenvalue weighted by molar-refractivity contribution is 5.92. The van der Waals surface area contributed by atoms with Crippen molar-refractivity contribution in [3.05, 3.63) is 35.7 Å². The zero-order chi connectivity index (χ0) is 17.9. The summed E-state index contributed by atoms with van der Waals surface area (Å²) in [5.74, 6) is -0.314. The van der Waals surface area contributed by atoms with E-state index in [2.05, 4.69) is 14.7 Å². The highest BCUT2D eigenvalue weighted by Gasteiger charge is 2.38. The zero-order valence-corrected chi connectivity index (χ0v) is 12.7. The third kappa shape index (κ3) is 3.55. The molecule has 9 heteroatoms. The summed E-state index contributed by atoms with van der Waals surface area (Å²) < 4.78 is 41.6. The molecule has 0 aliphatic carbocycles. The first-order chi connectivity index (χ1) is 11.3. The molecule has 1 amide bonds. The van der Waals surface area contributed by atoms with Crippen molar-refractivity contribution in [2.24, 2.45) is 0 Å². The minimum atomic E-state index is -4.70. The quantitative estimate of drug-likeness (QED) is 0.633. The second-order valence-electron chi connectivity index (χ2n) is 4.68. The van der Waals surface area contributed by atoms with Gasteiger partial charge in [-0.2, -0.15) is 18.2 Å². The molecule has 1 atom stereocenters. The summed E-state index contributed by atoms with van der Waals surface area (Å²) in [7, 11) is 1.30. The van der Waals surface area contributed by atoms with Gasteiger partial charge in [0.05, 0.1) is 13.2 Å². The minimum Gasteiger partial charge on any atom is -0.329 e. The third-order valence-electron chi connectivity index (χ3n) is 3.19. The van der Waals surface area contributed by atoms with Gasteiger partial charge < -0.3 is 4.52 Å². The topological polar surface area (TPSA) is 68.5 Å². The van der Waals surface area contributed by atoms with Gasteiger partial charge in [-0.15, -0.1) is 6.42 Å². The Labute approximate surface area is 135 Å². The summed E-state index contributed by atoms with van der Waals surface area (Å²) >= 11 is 0. The lowest BCUT2D eigenvalue weighted by Crippen LogP contribution is -2.31. The molecule has 0 aliphatic heterocycles. The van der Waals surface area contributed by atoms with Crippen molar-refractivity contribution < 1.29 is 27.3 Å². The van der Waals surface area contributed by atoms with E-state index in [9.17, 15) is 18.0 Å². The number of terminal acetylenes is 1. The molecular formula is C15H12F3N3O3. The van der Waals surface area contributed by atoms with Crippen LogP contribution in [0.25, 0.3) is 11.4 Å². The molecule has 0 N–H and O–H groups in total. The van der Waals surface area contributed by atoms with E-state index in [0.717, 1.165) is 5.06 Å². The smallest absolute Gasteiger partial charge is 0.329 e. The van der Waals surface area contributed by atoms with Crippen molar-refractivity contribution in [3.63, 3.8) is 0 Å². The second kappa shape index (κ2) is 6.72. The second-order valence-corrected chi connectivity index (χ2v) is 4.68. The van der Waals surface area contributed by atoms with E-state index in [1.54, 1.807) is 19.1 Å². The van der Waals surface area contributed by atoms with Crippen molar-refractivity contribution in [1.82, 2.24) is 15.2 Å². The van der Waals surface area contributed by atoms with Crippen LogP contribution in [-0.2, 0) is 15.8 Å². The number of nitrogens with zero attached hydrogens (tertiary/aromatic N) is 3. The van der Waals surface area contributed by atoms with Gasteiger partial charge in [0, 0.05) is 5.56 Å². The molecule has 0 saturated carbocycles. The zero-order valence-electron chi connectivity index (χ0n) is 12.7. The molecule has 24 heavy (non-hydrogen) atoms. The molecular weight excluding hydrogens is 327 g/mol. The molecule has 0 aliphatic rings. The Balaban J connectivity index is 2.23. The van der Waals surface area contributed by atoms with Crippen LogP contribution in [0.5, 0.6) is 0 Å². The highest BCUT2D eigenvalue weighted by Crippen LogP contribution is 2.30. The summed E-state index contributed by atoms with van der Waals surface area (Å²) in [4.78, 5) is 19.8. The van der Waals surface area contributed by atoms with Crippen LogP contribution in [0.3, 0.4) is 0 Å². The van der Waals surface area contributed by atoms with Gasteiger partial charge in [-0.05, 0) is 18.4 Å². The summed E-state index contributed by atoms with van der Waals surface area (Å²) in [5.41, 5.74) is 0.987. The fraction of sp³-hybridized carbons (Fsp3) is 0.267. The molecule has 0 radical (unpaired) electrons. The van der Waals surface area contributed by atoms with Crippen LogP contribution in [0.1, 0.15) is 24.4 Å². The Morgan fingerprint density at radius 2 is 2.00 bits per heavy atom. The SMILES string of the molecule is C#CC(=O)N(OC)C(C)c1ccc(-c2noc(C(F)(F)F)n2)cc1. The molecule has 0 fully saturated rings. The van der Waals surface area contributed by atoms with Crippen molar-refractivity contribution in [2.45, 2.75) is 19.1 Å². The van der Waals surface area contributed by atoms with Gasteiger partial charge in [0.1, 0.15) is 0 Å². The standard InChI is InChI=1S/C15H12F3N3O3/c1-4-12(22)21(23-3)9(2)10-5-7-11(8-6-10)13-19-14(24-20-13)15(16,17)18/h1,5-9H,2-3H3. The first-order valence-corrected chi connectivity index (χ1v) is 6.63. The number of halogens is 3. The van der Waals surface area contributed by atoms with Gasteiger partial charge in [-0.25, -0.2) is 5.06 Å². The molecule has 2 aromatic rings. The van der Waals surface area contributed by atoms with Gasteiger partial charge in [0.25, 0.3) is 0 Å². The Morgan fingerprint density at radius 1 is 1.38 bits per heavy atom. The monoisotopic (exact) mass is 339 g/mol. The van der Waals surface area contributed by atoms with Crippen LogP contribution in [-0.4, -0.2) is 28.2 Å². The Bertz CT molecular complexity index is 763. The van der Waals surface area contributed by atoms with Crippen LogP contribution in [0.2, 0.25) is 0 Å². The van der Waals surface area contributed by atoms with E-state index < -0.39 is 24.0 Å². The Kier molecular flexibility index (Phi) is 4.90.